The smallest absolute Gasteiger partial charge is 0.00670 e. The van der Waals surface area contributed by atoms with E-state index < -0.39 is 0 Å². The molecule has 1 aliphatic rings. The molecule has 0 aliphatic heterocycles. The van der Waals surface area contributed by atoms with Gasteiger partial charge in [0, 0.05) is 6.04 Å². The van der Waals surface area contributed by atoms with Crippen LogP contribution in [-0.2, 0) is 12.8 Å². The quantitative estimate of drug-likeness (QED) is 0.744. The molecule has 0 heterocycles. The van der Waals surface area contributed by atoms with Crippen LogP contribution in [0.2, 0.25) is 0 Å². The van der Waals surface area contributed by atoms with E-state index in [4.69, 9.17) is 0 Å². The summed E-state index contributed by atoms with van der Waals surface area (Å²) in [6.07, 6.45) is 10.7. The second-order valence-corrected chi connectivity index (χ2v) is 5.56. The van der Waals surface area contributed by atoms with Gasteiger partial charge in [-0.05, 0) is 49.8 Å². The third-order valence-electron chi connectivity index (χ3n) is 4.11. The molecule has 1 saturated carbocycles. The first-order valence-corrected chi connectivity index (χ1v) is 7.69. The van der Waals surface area contributed by atoms with Crippen molar-refractivity contribution in [3.8, 4) is 0 Å². The monoisotopic (exact) mass is 245 g/mol. The Balaban J connectivity index is 1.62. The van der Waals surface area contributed by atoms with Crippen LogP contribution in [-0.4, -0.2) is 12.6 Å². The van der Waals surface area contributed by atoms with Gasteiger partial charge >= 0.3 is 0 Å². The maximum absolute atomic E-state index is 3.71. The van der Waals surface area contributed by atoms with E-state index in [1.165, 1.54) is 62.6 Å². The van der Waals surface area contributed by atoms with Crippen molar-refractivity contribution in [2.45, 2.75) is 64.3 Å². The topological polar surface area (TPSA) is 12.0 Å². The maximum atomic E-state index is 3.71. The zero-order valence-electron chi connectivity index (χ0n) is 11.8. The average molecular weight is 245 g/mol. The minimum absolute atomic E-state index is 0.807. The molecule has 1 aromatic carbocycles. The molecule has 0 aromatic heterocycles. The standard InChI is InChI=1S/C17H27N/c1-2-15-10-12-16(13-11-15)7-6-14-18-17-8-4-3-5-9-17/h10-13,17-18H,2-9,14H2,1H3. The number of hydrogen-bond acceptors (Lipinski definition) is 1. The van der Waals surface area contributed by atoms with Crippen LogP contribution in [0, 0.1) is 0 Å². The van der Waals surface area contributed by atoms with E-state index in [1.807, 2.05) is 0 Å². The van der Waals surface area contributed by atoms with Gasteiger partial charge in [-0.25, -0.2) is 0 Å². The lowest BCUT2D eigenvalue weighted by Crippen LogP contribution is -2.31. The minimum Gasteiger partial charge on any atom is -0.314 e. The predicted molar refractivity (Wildman–Crippen MR) is 79.0 cm³/mol. The van der Waals surface area contributed by atoms with E-state index in [9.17, 15) is 0 Å². The third-order valence-corrected chi connectivity index (χ3v) is 4.11. The van der Waals surface area contributed by atoms with Gasteiger partial charge in [0.1, 0.15) is 0 Å². The van der Waals surface area contributed by atoms with Crippen LogP contribution in [0.1, 0.15) is 56.6 Å². The predicted octanol–water partition coefficient (Wildman–Crippen LogP) is 4.10. The largest absolute Gasteiger partial charge is 0.314 e. The molecule has 1 nitrogen and oxygen atoms in total. The number of nitrogens with one attached hydrogen (secondary N) is 1. The van der Waals surface area contributed by atoms with E-state index in [0.717, 1.165) is 12.5 Å². The van der Waals surface area contributed by atoms with Crippen molar-refractivity contribution in [3.63, 3.8) is 0 Å². The van der Waals surface area contributed by atoms with Gasteiger partial charge in [-0.15, -0.1) is 0 Å². The van der Waals surface area contributed by atoms with Gasteiger partial charge in [0.05, 0.1) is 0 Å². The summed E-state index contributed by atoms with van der Waals surface area (Å²) in [5.41, 5.74) is 2.93. The summed E-state index contributed by atoms with van der Waals surface area (Å²) in [6.45, 7) is 3.39. The molecule has 1 aliphatic carbocycles. The first kappa shape index (κ1) is 13.6. The fourth-order valence-electron chi connectivity index (χ4n) is 2.85. The van der Waals surface area contributed by atoms with Crippen LogP contribution in [0.5, 0.6) is 0 Å². The second kappa shape index (κ2) is 7.58. The highest BCUT2D eigenvalue weighted by Gasteiger charge is 2.11. The fraction of sp³-hybridized carbons (Fsp3) is 0.647. The molecule has 0 bridgehead atoms. The summed E-state index contributed by atoms with van der Waals surface area (Å²) < 4.78 is 0. The summed E-state index contributed by atoms with van der Waals surface area (Å²) >= 11 is 0. The highest BCUT2D eigenvalue weighted by molar-refractivity contribution is 5.22. The van der Waals surface area contributed by atoms with Gasteiger partial charge in [-0.1, -0.05) is 50.5 Å². The Morgan fingerprint density at radius 3 is 2.33 bits per heavy atom. The highest BCUT2D eigenvalue weighted by atomic mass is 14.9. The van der Waals surface area contributed by atoms with Crippen molar-refractivity contribution < 1.29 is 0 Å². The van der Waals surface area contributed by atoms with E-state index >= 15 is 0 Å². The molecule has 0 saturated heterocycles. The molecule has 100 valence electrons. The van der Waals surface area contributed by atoms with Crippen molar-refractivity contribution in [2.75, 3.05) is 6.54 Å². The Bertz CT molecular complexity index is 322. The lowest BCUT2D eigenvalue weighted by molar-refractivity contribution is 0.372. The summed E-state index contributed by atoms with van der Waals surface area (Å²) in [5.74, 6) is 0. The molecule has 0 spiro atoms. The first-order chi connectivity index (χ1) is 8.88. The van der Waals surface area contributed by atoms with Crippen LogP contribution in [0.4, 0.5) is 0 Å². The van der Waals surface area contributed by atoms with E-state index in [-0.39, 0.29) is 0 Å². The minimum atomic E-state index is 0.807. The van der Waals surface area contributed by atoms with Crippen molar-refractivity contribution >= 4 is 0 Å². The Morgan fingerprint density at radius 1 is 1.00 bits per heavy atom. The average Bonchev–Trinajstić information content (AvgIpc) is 2.45. The molecular weight excluding hydrogens is 218 g/mol. The molecule has 0 radical (unpaired) electrons. The molecule has 0 atom stereocenters. The third kappa shape index (κ3) is 4.45. The molecule has 1 N–H and O–H groups in total. The lowest BCUT2D eigenvalue weighted by Gasteiger charge is -2.22. The Kier molecular flexibility index (Phi) is 5.73. The van der Waals surface area contributed by atoms with E-state index in [1.54, 1.807) is 0 Å². The van der Waals surface area contributed by atoms with Gasteiger partial charge in [-0.3, -0.25) is 0 Å². The molecule has 0 amide bonds. The Morgan fingerprint density at radius 2 is 1.67 bits per heavy atom. The zero-order chi connectivity index (χ0) is 12.6. The van der Waals surface area contributed by atoms with Crippen molar-refractivity contribution in [1.29, 1.82) is 0 Å². The molecule has 2 rings (SSSR count). The summed E-state index contributed by atoms with van der Waals surface area (Å²) in [5, 5.41) is 3.71. The van der Waals surface area contributed by atoms with Gasteiger partial charge in [0.15, 0.2) is 0 Å². The van der Waals surface area contributed by atoms with Crippen molar-refractivity contribution in [1.82, 2.24) is 5.32 Å². The van der Waals surface area contributed by atoms with Crippen LogP contribution in [0.25, 0.3) is 0 Å². The number of rotatable bonds is 6. The van der Waals surface area contributed by atoms with Crippen LogP contribution >= 0.6 is 0 Å². The summed E-state index contributed by atoms with van der Waals surface area (Å²) in [4.78, 5) is 0. The molecule has 1 fully saturated rings. The second-order valence-electron chi connectivity index (χ2n) is 5.56. The number of benzene rings is 1. The molecular formula is C17H27N. The summed E-state index contributed by atoms with van der Waals surface area (Å²) in [6, 6.07) is 9.92. The van der Waals surface area contributed by atoms with Gasteiger partial charge in [0.25, 0.3) is 0 Å². The Labute approximate surface area is 112 Å². The van der Waals surface area contributed by atoms with Crippen LogP contribution in [0.15, 0.2) is 24.3 Å². The summed E-state index contributed by atoms with van der Waals surface area (Å²) in [7, 11) is 0. The maximum Gasteiger partial charge on any atom is 0.00670 e. The van der Waals surface area contributed by atoms with E-state index in [2.05, 4.69) is 36.5 Å². The SMILES string of the molecule is CCc1ccc(CCCNC2CCCCC2)cc1. The van der Waals surface area contributed by atoms with Gasteiger partial charge in [-0.2, -0.15) is 0 Å². The Hall–Kier alpha value is -0.820. The first-order valence-electron chi connectivity index (χ1n) is 7.69. The lowest BCUT2D eigenvalue weighted by atomic mass is 9.95. The van der Waals surface area contributed by atoms with Gasteiger partial charge < -0.3 is 5.32 Å². The van der Waals surface area contributed by atoms with E-state index in [0.29, 0.717) is 0 Å². The molecule has 1 aromatic rings. The van der Waals surface area contributed by atoms with Crippen LogP contribution < -0.4 is 5.32 Å². The molecule has 0 unspecified atom stereocenters. The van der Waals surface area contributed by atoms with Crippen LogP contribution in [0.3, 0.4) is 0 Å². The zero-order valence-corrected chi connectivity index (χ0v) is 11.8. The number of hydrogen-bond donors (Lipinski definition) is 1. The van der Waals surface area contributed by atoms with Gasteiger partial charge in [0.2, 0.25) is 0 Å². The normalized spacial score (nSPS) is 16.9. The van der Waals surface area contributed by atoms with Crippen molar-refractivity contribution in [3.05, 3.63) is 35.4 Å². The highest BCUT2D eigenvalue weighted by Crippen LogP contribution is 2.17. The molecule has 18 heavy (non-hydrogen) atoms. The molecule has 1 heteroatoms. The fourth-order valence-corrected chi connectivity index (χ4v) is 2.85. The van der Waals surface area contributed by atoms with Crippen molar-refractivity contribution in [2.24, 2.45) is 0 Å². The number of aryl methyl sites for hydroxylation is 2.